The maximum atomic E-state index is 9.50. The molecule has 1 rings (SSSR count). The summed E-state index contributed by atoms with van der Waals surface area (Å²) in [6, 6.07) is 0.411. The summed E-state index contributed by atoms with van der Waals surface area (Å²) in [7, 11) is 4.08. The van der Waals surface area contributed by atoms with Gasteiger partial charge in [0, 0.05) is 6.04 Å². The minimum absolute atomic E-state index is 0.0799. The van der Waals surface area contributed by atoms with Gasteiger partial charge in [-0.1, -0.05) is 12.8 Å². The molecule has 0 saturated heterocycles. The Hall–Kier alpha value is -0.0800. The van der Waals surface area contributed by atoms with Gasteiger partial charge in [0.05, 0.1) is 6.10 Å². The van der Waals surface area contributed by atoms with E-state index in [9.17, 15) is 5.11 Å². The maximum Gasteiger partial charge on any atom is 0.0695 e. The summed E-state index contributed by atoms with van der Waals surface area (Å²) >= 11 is 0. The minimum atomic E-state index is -0.0799. The lowest BCUT2D eigenvalue weighted by atomic mass is 9.92. The first-order valence-electron chi connectivity index (χ1n) is 4.06. The SMILES string of the molecule is CN(C)[C@@H]1CCCC[C@H]1O. The van der Waals surface area contributed by atoms with E-state index < -0.39 is 0 Å². The number of rotatable bonds is 1. The highest BCUT2D eigenvalue weighted by atomic mass is 16.3. The Labute approximate surface area is 62.8 Å². The summed E-state index contributed by atoms with van der Waals surface area (Å²) in [6.07, 6.45) is 4.55. The first-order valence-corrected chi connectivity index (χ1v) is 4.06. The van der Waals surface area contributed by atoms with E-state index in [0.717, 1.165) is 12.8 Å². The van der Waals surface area contributed by atoms with Crippen molar-refractivity contribution in [2.45, 2.75) is 37.8 Å². The van der Waals surface area contributed by atoms with Gasteiger partial charge in [-0.2, -0.15) is 0 Å². The van der Waals surface area contributed by atoms with E-state index in [0.29, 0.717) is 6.04 Å². The van der Waals surface area contributed by atoms with Crippen LogP contribution >= 0.6 is 0 Å². The lowest BCUT2D eigenvalue weighted by Crippen LogP contribution is -2.41. The van der Waals surface area contributed by atoms with Crippen LogP contribution in [0.4, 0.5) is 0 Å². The molecule has 0 amide bonds. The summed E-state index contributed by atoms with van der Waals surface area (Å²) in [5.41, 5.74) is 0. The van der Waals surface area contributed by atoms with Gasteiger partial charge in [0.15, 0.2) is 0 Å². The van der Waals surface area contributed by atoms with Gasteiger partial charge >= 0.3 is 0 Å². The molecule has 1 saturated carbocycles. The van der Waals surface area contributed by atoms with Gasteiger partial charge in [-0.3, -0.25) is 0 Å². The van der Waals surface area contributed by atoms with Gasteiger partial charge in [-0.15, -0.1) is 0 Å². The Bertz CT molecular complexity index is 103. The number of likely N-dealkylation sites (N-methyl/N-ethyl adjacent to an activating group) is 1. The molecule has 0 aromatic heterocycles. The van der Waals surface area contributed by atoms with Gasteiger partial charge in [-0.05, 0) is 26.9 Å². The van der Waals surface area contributed by atoms with Crippen molar-refractivity contribution >= 4 is 0 Å². The molecule has 1 fully saturated rings. The highest BCUT2D eigenvalue weighted by molar-refractivity contribution is 4.79. The van der Waals surface area contributed by atoms with Crippen molar-refractivity contribution in [2.24, 2.45) is 0 Å². The summed E-state index contributed by atoms with van der Waals surface area (Å²) < 4.78 is 0. The Morgan fingerprint density at radius 3 is 2.20 bits per heavy atom. The van der Waals surface area contributed by atoms with E-state index in [1.807, 2.05) is 14.1 Å². The van der Waals surface area contributed by atoms with E-state index >= 15 is 0 Å². The molecule has 0 spiro atoms. The van der Waals surface area contributed by atoms with E-state index in [4.69, 9.17) is 0 Å². The molecule has 2 atom stereocenters. The second-order valence-corrected chi connectivity index (χ2v) is 3.38. The fourth-order valence-corrected chi connectivity index (χ4v) is 1.69. The monoisotopic (exact) mass is 143 g/mol. The van der Waals surface area contributed by atoms with Gasteiger partial charge in [-0.25, -0.2) is 0 Å². The summed E-state index contributed by atoms with van der Waals surface area (Å²) in [5, 5.41) is 9.50. The molecule has 2 nitrogen and oxygen atoms in total. The van der Waals surface area contributed by atoms with Gasteiger partial charge in [0.1, 0.15) is 0 Å². The average Bonchev–Trinajstić information content (AvgIpc) is 1.88. The first kappa shape index (κ1) is 8.02. The smallest absolute Gasteiger partial charge is 0.0695 e. The lowest BCUT2D eigenvalue weighted by molar-refractivity contribution is 0.0435. The van der Waals surface area contributed by atoms with Crippen LogP contribution in [0, 0.1) is 0 Å². The molecule has 0 radical (unpaired) electrons. The normalized spacial score (nSPS) is 34.8. The van der Waals surface area contributed by atoms with Gasteiger partial charge in [0.2, 0.25) is 0 Å². The molecule has 2 heteroatoms. The molecule has 0 aromatic carbocycles. The van der Waals surface area contributed by atoms with E-state index in [-0.39, 0.29) is 6.10 Å². The molecule has 1 aliphatic carbocycles. The second kappa shape index (κ2) is 3.35. The molecule has 60 valence electrons. The number of hydrogen-bond donors (Lipinski definition) is 1. The zero-order valence-electron chi connectivity index (χ0n) is 6.88. The standard InChI is InChI=1S/C8H17NO/c1-9(2)7-5-3-4-6-8(7)10/h7-8,10H,3-6H2,1-2H3/t7-,8-/m1/s1. The van der Waals surface area contributed by atoms with Crippen molar-refractivity contribution in [3.8, 4) is 0 Å². The molecule has 0 unspecified atom stereocenters. The van der Waals surface area contributed by atoms with Crippen molar-refractivity contribution in [3.63, 3.8) is 0 Å². The van der Waals surface area contributed by atoms with Crippen LogP contribution in [-0.4, -0.2) is 36.2 Å². The third kappa shape index (κ3) is 1.70. The Kier molecular flexibility index (Phi) is 2.69. The molecular weight excluding hydrogens is 126 g/mol. The molecule has 0 bridgehead atoms. The zero-order chi connectivity index (χ0) is 7.56. The predicted molar refractivity (Wildman–Crippen MR) is 41.9 cm³/mol. The number of hydrogen-bond acceptors (Lipinski definition) is 2. The average molecular weight is 143 g/mol. The van der Waals surface area contributed by atoms with Crippen LogP contribution in [0.3, 0.4) is 0 Å². The first-order chi connectivity index (χ1) is 4.72. The minimum Gasteiger partial charge on any atom is -0.391 e. The topological polar surface area (TPSA) is 23.5 Å². The van der Waals surface area contributed by atoms with Crippen LogP contribution in [0.1, 0.15) is 25.7 Å². The predicted octanol–water partition coefficient (Wildman–Crippen LogP) is 0.851. The van der Waals surface area contributed by atoms with Gasteiger partial charge in [0.25, 0.3) is 0 Å². The van der Waals surface area contributed by atoms with Crippen LogP contribution in [0.25, 0.3) is 0 Å². The van der Waals surface area contributed by atoms with Crippen molar-refractivity contribution in [2.75, 3.05) is 14.1 Å². The molecule has 1 aliphatic rings. The molecule has 0 heterocycles. The molecule has 1 N–H and O–H groups in total. The number of nitrogens with zero attached hydrogens (tertiary/aromatic N) is 1. The third-order valence-corrected chi connectivity index (χ3v) is 2.36. The van der Waals surface area contributed by atoms with Crippen LogP contribution < -0.4 is 0 Å². The number of aliphatic hydroxyl groups is 1. The molecule has 10 heavy (non-hydrogen) atoms. The van der Waals surface area contributed by atoms with E-state index in [2.05, 4.69) is 4.90 Å². The molecule has 0 aliphatic heterocycles. The zero-order valence-corrected chi connectivity index (χ0v) is 6.88. The Balaban J connectivity index is 2.40. The van der Waals surface area contributed by atoms with Crippen LogP contribution in [-0.2, 0) is 0 Å². The van der Waals surface area contributed by atoms with Crippen molar-refractivity contribution in [1.29, 1.82) is 0 Å². The molecule has 0 aromatic rings. The maximum absolute atomic E-state index is 9.50. The lowest BCUT2D eigenvalue weighted by Gasteiger charge is -2.32. The second-order valence-electron chi connectivity index (χ2n) is 3.38. The fourth-order valence-electron chi connectivity index (χ4n) is 1.69. The summed E-state index contributed by atoms with van der Waals surface area (Å²) in [4.78, 5) is 2.13. The van der Waals surface area contributed by atoms with Crippen LogP contribution in [0.2, 0.25) is 0 Å². The van der Waals surface area contributed by atoms with Crippen LogP contribution in [0.15, 0.2) is 0 Å². The highest BCUT2D eigenvalue weighted by Crippen LogP contribution is 2.20. The van der Waals surface area contributed by atoms with Crippen molar-refractivity contribution in [3.05, 3.63) is 0 Å². The Morgan fingerprint density at radius 1 is 1.20 bits per heavy atom. The van der Waals surface area contributed by atoms with Gasteiger partial charge < -0.3 is 10.0 Å². The third-order valence-electron chi connectivity index (χ3n) is 2.36. The molecular formula is C8H17NO. The fraction of sp³-hybridized carbons (Fsp3) is 1.00. The quantitative estimate of drug-likeness (QED) is 0.588. The largest absolute Gasteiger partial charge is 0.391 e. The highest BCUT2D eigenvalue weighted by Gasteiger charge is 2.23. The Morgan fingerprint density at radius 2 is 1.80 bits per heavy atom. The summed E-state index contributed by atoms with van der Waals surface area (Å²) in [5.74, 6) is 0. The van der Waals surface area contributed by atoms with Crippen molar-refractivity contribution in [1.82, 2.24) is 4.90 Å². The van der Waals surface area contributed by atoms with Crippen molar-refractivity contribution < 1.29 is 5.11 Å². The van der Waals surface area contributed by atoms with E-state index in [1.165, 1.54) is 12.8 Å². The summed E-state index contributed by atoms with van der Waals surface area (Å²) in [6.45, 7) is 0. The van der Waals surface area contributed by atoms with E-state index in [1.54, 1.807) is 0 Å². The van der Waals surface area contributed by atoms with Crippen LogP contribution in [0.5, 0.6) is 0 Å². The number of aliphatic hydroxyl groups excluding tert-OH is 1.